The Hall–Kier alpha value is -1.15. The van der Waals surface area contributed by atoms with Gasteiger partial charge in [-0.05, 0) is 59.6 Å². The van der Waals surface area contributed by atoms with E-state index in [-0.39, 0.29) is 26.4 Å². The number of hydrogen-bond donors (Lipinski definition) is 2. The second-order valence-corrected chi connectivity index (χ2v) is 7.05. The van der Waals surface area contributed by atoms with Crippen molar-refractivity contribution in [1.82, 2.24) is 4.90 Å². The van der Waals surface area contributed by atoms with Gasteiger partial charge in [-0.3, -0.25) is 4.90 Å². The summed E-state index contributed by atoms with van der Waals surface area (Å²) in [5, 5.41) is 8.64. The molecule has 0 aromatic heterocycles. The maximum Gasteiger partial charge on any atom is 0.338 e. The van der Waals surface area contributed by atoms with Gasteiger partial charge < -0.3 is 20.3 Å². The molecule has 3 N–H and O–H groups in total. The number of ether oxygens (including phenoxy) is 2. The van der Waals surface area contributed by atoms with Gasteiger partial charge in [0.05, 0.1) is 31.1 Å². The van der Waals surface area contributed by atoms with Crippen LogP contribution in [0, 0.1) is 0 Å². The van der Waals surface area contributed by atoms with Gasteiger partial charge in [0.15, 0.2) is 0 Å². The van der Waals surface area contributed by atoms with Gasteiger partial charge in [-0.2, -0.15) is 0 Å². The van der Waals surface area contributed by atoms with Crippen LogP contribution in [0.5, 0.6) is 0 Å². The number of likely N-dealkylation sites (tertiary alicyclic amines) is 1. The zero-order chi connectivity index (χ0) is 18.1. The van der Waals surface area contributed by atoms with Crippen molar-refractivity contribution in [2.45, 2.75) is 32.2 Å². The van der Waals surface area contributed by atoms with Crippen molar-refractivity contribution in [3.05, 3.63) is 27.7 Å². The lowest BCUT2D eigenvalue weighted by molar-refractivity contribution is 0.0258. The number of nitrogens with two attached hydrogens (primary N) is 1. The van der Waals surface area contributed by atoms with E-state index in [0.29, 0.717) is 15.7 Å². The minimum absolute atomic E-state index is 0.0429. The Bertz CT molecular complexity index is 560. The Balaban J connectivity index is 1.99. The monoisotopic (exact) mass is 414 g/mol. The van der Waals surface area contributed by atoms with Crippen molar-refractivity contribution in [3.8, 4) is 0 Å². The van der Waals surface area contributed by atoms with E-state index in [1.165, 1.54) is 25.7 Å². The van der Waals surface area contributed by atoms with Gasteiger partial charge in [0.2, 0.25) is 0 Å². The van der Waals surface area contributed by atoms with Crippen LogP contribution < -0.4 is 5.73 Å². The molecule has 2 rings (SSSR count). The first kappa shape index (κ1) is 20.2. The highest BCUT2D eigenvalue weighted by atomic mass is 79.9. The Labute approximate surface area is 157 Å². The zero-order valence-electron chi connectivity index (χ0n) is 14.5. The fourth-order valence-corrected chi connectivity index (χ4v) is 3.40. The average molecular weight is 415 g/mol. The first-order chi connectivity index (χ1) is 12.1. The highest BCUT2D eigenvalue weighted by Crippen LogP contribution is 2.27. The molecule has 6 nitrogen and oxygen atoms in total. The lowest BCUT2D eigenvalue weighted by atomic mass is 10.1. The van der Waals surface area contributed by atoms with Crippen LogP contribution in [-0.4, -0.2) is 55.5 Å². The molecule has 0 unspecified atom stereocenters. The van der Waals surface area contributed by atoms with Crippen molar-refractivity contribution in [2.75, 3.05) is 45.3 Å². The summed E-state index contributed by atoms with van der Waals surface area (Å²) >= 11 is 3.44. The highest BCUT2D eigenvalue weighted by molar-refractivity contribution is 9.10. The van der Waals surface area contributed by atoms with E-state index in [1.54, 1.807) is 6.07 Å². The van der Waals surface area contributed by atoms with E-state index < -0.39 is 5.97 Å². The van der Waals surface area contributed by atoms with Gasteiger partial charge in [0, 0.05) is 11.0 Å². The van der Waals surface area contributed by atoms with Gasteiger partial charge in [-0.25, -0.2) is 4.79 Å². The zero-order valence-corrected chi connectivity index (χ0v) is 16.1. The average Bonchev–Trinajstić information content (AvgIpc) is 2.87. The lowest BCUT2D eigenvalue weighted by Crippen LogP contribution is -2.25. The summed E-state index contributed by atoms with van der Waals surface area (Å²) in [6, 6.07) is 3.51. The molecule has 0 radical (unpaired) electrons. The molecule has 0 aliphatic carbocycles. The fourth-order valence-electron chi connectivity index (χ4n) is 2.90. The summed E-state index contributed by atoms with van der Waals surface area (Å²) in [4.78, 5) is 14.6. The minimum atomic E-state index is -0.398. The smallest absolute Gasteiger partial charge is 0.338 e. The molecule has 0 bridgehead atoms. The molecule has 1 heterocycles. The van der Waals surface area contributed by atoms with Crippen LogP contribution in [0.25, 0.3) is 0 Å². The second-order valence-electron chi connectivity index (χ2n) is 6.19. The Kier molecular flexibility index (Phi) is 8.67. The number of aliphatic hydroxyl groups is 1. The molecule has 140 valence electrons. The predicted molar refractivity (Wildman–Crippen MR) is 100 cm³/mol. The summed E-state index contributed by atoms with van der Waals surface area (Å²) in [6.07, 6.45) is 4.97. The van der Waals surface area contributed by atoms with Crippen molar-refractivity contribution in [1.29, 1.82) is 0 Å². The molecule has 0 saturated carbocycles. The molecule has 1 aromatic rings. The van der Waals surface area contributed by atoms with E-state index in [2.05, 4.69) is 20.8 Å². The first-order valence-electron chi connectivity index (χ1n) is 8.78. The van der Waals surface area contributed by atoms with E-state index in [9.17, 15) is 4.79 Å². The number of nitrogen functional groups attached to an aromatic ring is 1. The van der Waals surface area contributed by atoms with Crippen LogP contribution in [0.2, 0.25) is 0 Å². The molecule has 1 saturated heterocycles. The van der Waals surface area contributed by atoms with Crippen molar-refractivity contribution in [2.24, 2.45) is 0 Å². The molecule has 25 heavy (non-hydrogen) atoms. The Morgan fingerprint density at radius 3 is 2.56 bits per heavy atom. The number of aliphatic hydroxyl groups excluding tert-OH is 1. The number of carbonyl (C=O) groups is 1. The summed E-state index contributed by atoms with van der Waals surface area (Å²) in [5.41, 5.74) is 8.29. The van der Waals surface area contributed by atoms with E-state index in [4.69, 9.17) is 20.3 Å². The fraction of sp³-hybridized carbons (Fsp3) is 0.611. The normalized spacial score (nSPS) is 15.8. The number of carbonyl (C=O) groups excluding carboxylic acids is 1. The predicted octanol–water partition coefficient (Wildman–Crippen LogP) is 2.57. The third-order valence-corrected chi connectivity index (χ3v) is 4.90. The van der Waals surface area contributed by atoms with Gasteiger partial charge in [0.25, 0.3) is 0 Å². The molecule has 0 spiro atoms. The van der Waals surface area contributed by atoms with Gasteiger partial charge in [-0.15, -0.1) is 0 Å². The van der Waals surface area contributed by atoms with Crippen molar-refractivity contribution < 1.29 is 19.4 Å². The molecule has 1 aliphatic heterocycles. The number of anilines is 1. The largest absolute Gasteiger partial charge is 0.460 e. The molecule has 1 aromatic carbocycles. The second kappa shape index (κ2) is 10.8. The van der Waals surface area contributed by atoms with Crippen LogP contribution >= 0.6 is 15.9 Å². The van der Waals surface area contributed by atoms with Gasteiger partial charge in [-0.1, -0.05) is 12.8 Å². The third kappa shape index (κ3) is 6.58. The summed E-state index contributed by atoms with van der Waals surface area (Å²) in [5.74, 6) is -0.398. The Morgan fingerprint density at radius 1 is 1.16 bits per heavy atom. The topological polar surface area (TPSA) is 85.0 Å². The van der Waals surface area contributed by atoms with Crippen LogP contribution in [0.3, 0.4) is 0 Å². The summed E-state index contributed by atoms with van der Waals surface area (Å²) in [6.45, 7) is 3.49. The number of halogens is 1. The number of rotatable bonds is 8. The quantitative estimate of drug-likeness (QED) is 0.386. The van der Waals surface area contributed by atoms with E-state index >= 15 is 0 Å². The van der Waals surface area contributed by atoms with Gasteiger partial charge >= 0.3 is 5.97 Å². The number of esters is 1. The first-order valence-corrected chi connectivity index (χ1v) is 9.57. The number of nitrogens with zero attached hydrogens (tertiary/aromatic N) is 1. The lowest BCUT2D eigenvalue weighted by Gasteiger charge is -2.21. The third-order valence-electron chi connectivity index (χ3n) is 4.24. The maximum absolute atomic E-state index is 12.2. The molecule has 0 amide bonds. The van der Waals surface area contributed by atoms with Crippen molar-refractivity contribution >= 4 is 27.6 Å². The SMILES string of the molecule is Nc1c(Br)cc(C(=O)OCCOCCO)cc1CN1CCCCCC1. The molecule has 1 fully saturated rings. The van der Waals surface area contributed by atoms with E-state index in [0.717, 1.165) is 25.2 Å². The Morgan fingerprint density at radius 2 is 1.88 bits per heavy atom. The molecule has 7 heteroatoms. The molecular formula is C18H27BrN2O4. The highest BCUT2D eigenvalue weighted by Gasteiger charge is 2.16. The van der Waals surface area contributed by atoms with Crippen LogP contribution in [0.15, 0.2) is 16.6 Å². The molecule has 0 atom stereocenters. The summed E-state index contributed by atoms with van der Waals surface area (Å²) < 4.78 is 11.0. The van der Waals surface area contributed by atoms with Crippen LogP contribution in [-0.2, 0) is 16.0 Å². The summed E-state index contributed by atoms with van der Waals surface area (Å²) in [7, 11) is 0. The minimum Gasteiger partial charge on any atom is -0.460 e. The van der Waals surface area contributed by atoms with E-state index in [1.807, 2.05) is 6.07 Å². The van der Waals surface area contributed by atoms with Crippen LogP contribution in [0.4, 0.5) is 5.69 Å². The number of benzene rings is 1. The van der Waals surface area contributed by atoms with Crippen LogP contribution in [0.1, 0.15) is 41.6 Å². The molecular weight excluding hydrogens is 388 g/mol. The standard InChI is InChI=1S/C18H27BrN2O4/c19-16-12-14(18(23)25-10-9-24-8-7-22)11-15(17(16)20)13-21-5-3-1-2-4-6-21/h11-12,22H,1-10,13,20H2. The molecule has 1 aliphatic rings. The maximum atomic E-state index is 12.2. The van der Waals surface area contributed by atoms with Crippen molar-refractivity contribution in [3.63, 3.8) is 0 Å². The van der Waals surface area contributed by atoms with Gasteiger partial charge in [0.1, 0.15) is 6.61 Å². The number of hydrogen-bond acceptors (Lipinski definition) is 6.